The van der Waals surface area contributed by atoms with Crippen LogP contribution in [0.25, 0.3) is 0 Å². The number of hydrogen-bond donors (Lipinski definition) is 0. The Labute approximate surface area is 158 Å². The Balaban J connectivity index is 1.41. The highest BCUT2D eigenvalue weighted by molar-refractivity contribution is 5.73. The van der Waals surface area contributed by atoms with Crippen molar-refractivity contribution in [1.29, 1.82) is 0 Å². The van der Waals surface area contributed by atoms with Crippen molar-refractivity contribution in [3.63, 3.8) is 0 Å². The number of hydrogen-bond acceptors (Lipinski definition) is 3. The normalized spacial score (nSPS) is 36.4. The van der Waals surface area contributed by atoms with Gasteiger partial charge in [0.25, 0.3) is 0 Å². The summed E-state index contributed by atoms with van der Waals surface area (Å²) >= 11 is 0. The molecule has 0 aromatic rings. The van der Waals surface area contributed by atoms with Crippen molar-refractivity contribution in [2.24, 2.45) is 17.8 Å². The zero-order chi connectivity index (χ0) is 19.4. The zero-order valence-corrected chi connectivity index (χ0v) is 15.7. The number of carbonyl (C=O) groups is 1. The molecule has 0 N–H and O–H groups in total. The lowest BCUT2D eigenvalue weighted by molar-refractivity contribution is -0.346. The highest BCUT2D eigenvalue weighted by Gasteiger charge is 2.41. The summed E-state index contributed by atoms with van der Waals surface area (Å²) in [5, 5.41) is 0. The van der Waals surface area contributed by atoms with E-state index < -0.39 is 36.6 Å². The summed E-state index contributed by atoms with van der Waals surface area (Å²) in [7, 11) is 0. The highest BCUT2D eigenvalue weighted by Crippen LogP contribution is 2.41. The Morgan fingerprint density at radius 3 is 2.00 bits per heavy atom. The second-order valence-corrected chi connectivity index (χ2v) is 8.49. The molecule has 3 saturated carbocycles. The predicted octanol–water partition coefficient (Wildman–Crippen LogP) is 5.71. The standard InChI is InChI=1S/C20H30F4O3/c21-18-12-14(13-4-2-1-3-5-13)6-11-17(18)19(25)26-15-7-9-16(10-8-15)27-20(22,23)24/h13-18H,1-12H2. The summed E-state index contributed by atoms with van der Waals surface area (Å²) in [6.45, 7) is 0. The lowest BCUT2D eigenvalue weighted by Gasteiger charge is -2.37. The molecule has 0 aromatic heterocycles. The minimum atomic E-state index is -4.63. The Morgan fingerprint density at radius 1 is 0.778 bits per heavy atom. The number of carbonyl (C=O) groups excluding carboxylic acids is 1. The Hall–Kier alpha value is -0.850. The largest absolute Gasteiger partial charge is 0.522 e. The minimum Gasteiger partial charge on any atom is -0.462 e. The van der Waals surface area contributed by atoms with Crippen LogP contribution in [-0.4, -0.2) is 30.7 Å². The average molecular weight is 394 g/mol. The van der Waals surface area contributed by atoms with Gasteiger partial charge in [0.1, 0.15) is 12.3 Å². The third kappa shape index (κ3) is 6.06. The fourth-order valence-corrected chi connectivity index (χ4v) is 5.15. The summed E-state index contributed by atoms with van der Waals surface area (Å²) in [6, 6.07) is 0. The van der Waals surface area contributed by atoms with Gasteiger partial charge in [-0.3, -0.25) is 9.53 Å². The van der Waals surface area contributed by atoms with Gasteiger partial charge in [0.2, 0.25) is 0 Å². The number of rotatable bonds is 4. The van der Waals surface area contributed by atoms with Crippen molar-refractivity contribution in [1.82, 2.24) is 0 Å². The number of halogens is 4. The van der Waals surface area contributed by atoms with E-state index in [9.17, 15) is 22.4 Å². The van der Waals surface area contributed by atoms with Crippen LogP contribution in [0.1, 0.15) is 77.0 Å². The van der Waals surface area contributed by atoms with Crippen LogP contribution in [0.4, 0.5) is 17.6 Å². The number of esters is 1. The van der Waals surface area contributed by atoms with E-state index in [2.05, 4.69) is 4.74 Å². The Morgan fingerprint density at radius 2 is 1.41 bits per heavy atom. The molecule has 0 amide bonds. The molecule has 3 nitrogen and oxygen atoms in total. The molecule has 3 atom stereocenters. The van der Waals surface area contributed by atoms with E-state index in [4.69, 9.17) is 4.74 Å². The van der Waals surface area contributed by atoms with Gasteiger partial charge in [0, 0.05) is 0 Å². The maximum absolute atomic E-state index is 14.7. The second-order valence-electron chi connectivity index (χ2n) is 8.49. The molecule has 0 aliphatic heterocycles. The maximum atomic E-state index is 14.7. The number of alkyl halides is 4. The second kappa shape index (κ2) is 9.10. The first-order valence-corrected chi connectivity index (χ1v) is 10.4. The van der Waals surface area contributed by atoms with Crippen molar-refractivity contribution < 1.29 is 31.8 Å². The molecular formula is C20H30F4O3. The first-order chi connectivity index (χ1) is 12.8. The van der Waals surface area contributed by atoms with Crippen LogP contribution in [-0.2, 0) is 14.3 Å². The van der Waals surface area contributed by atoms with Crippen molar-refractivity contribution >= 4 is 5.97 Å². The van der Waals surface area contributed by atoms with E-state index in [0.717, 1.165) is 6.42 Å². The van der Waals surface area contributed by atoms with Crippen molar-refractivity contribution in [3.8, 4) is 0 Å². The fourth-order valence-electron chi connectivity index (χ4n) is 5.15. The molecular weight excluding hydrogens is 364 g/mol. The van der Waals surface area contributed by atoms with Crippen LogP contribution in [0.3, 0.4) is 0 Å². The van der Waals surface area contributed by atoms with Gasteiger partial charge in [-0.25, -0.2) is 4.39 Å². The van der Waals surface area contributed by atoms with Gasteiger partial charge in [-0.2, -0.15) is 0 Å². The van der Waals surface area contributed by atoms with Gasteiger partial charge in [-0.1, -0.05) is 32.1 Å². The number of ether oxygens (including phenoxy) is 2. The lowest BCUT2D eigenvalue weighted by Crippen LogP contribution is -2.38. The summed E-state index contributed by atoms with van der Waals surface area (Å²) < 4.78 is 60.9. The molecule has 0 saturated heterocycles. The van der Waals surface area contributed by atoms with Crippen LogP contribution in [0.5, 0.6) is 0 Å². The van der Waals surface area contributed by atoms with Crippen LogP contribution in [0, 0.1) is 17.8 Å². The molecule has 3 fully saturated rings. The van der Waals surface area contributed by atoms with Gasteiger partial charge in [0.05, 0.1) is 12.0 Å². The smallest absolute Gasteiger partial charge is 0.462 e. The topological polar surface area (TPSA) is 35.5 Å². The molecule has 3 aliphatic rings. The van der Waals surface area contributed by atoms with Gasteiger partial charge in [-0.15, -0.1) is 13.2 Å². The summed E-state index contributed by atoms with van der Waals surface area (Å²) in [6.07, 6.45) is 1.88. The van der Waals surface area contributed by atoms with Gasteiger partial charge in [0.15, 0.2) is 0 Å². The van der Waals surface area contributed by atoms with Crippen LogP contribution >= 0.6 is 0 Å². The summed E-state index contributed by atoms with van der Waals surface area (Å²) in [4.78, 5) is 12.4. The van der Waals surface area contributed by atoms with Crippen molar-refractivity contribution in [2.75, 3.05) is 0 Å². The van der Waals surface area contributed by atoms with Crippen molar-refractivity contribution in [3.05, 3.63) is 0 Å². The van der Waals surface area contributed by atoms with Crippen LogP contribution in [0.15, 0.2) is 0 Å². The predicted molar refractivity (Wildman–Crippen MR) is 91.6 cm³/mol. The van der Waals surface area contributed by atoms with Gasteiger partial charge in [-0.05, 0) is 56.8 Å². The first kappa shape index (κ1) is 20.9. The molecule has 3 unspecified atom stereocenters. The average Bonchev–Trinajstić information content (AvgIpc) is 2.62. The van der Waals surface area contributed by atoms with Crippen LogP contribution in [0.2, 0.25) is 0 Å². The van der Waals surface area contributed by atoms with Crippen LogP contribution < -0.4 is 0 Å². The first-order valence-electron chi connectivity index (χ1n) is 10.4. The molecule has 0 heterocycles. The molecule has 0 bridgehead atoms. The summed E-state index contributed by atoms with van der Waals surface area (Å²) in [5.41, 5.74) is 0. The molecule has 156 valence electrons. The van der Waals surface area contributed by atoms with E-state index in [0.29, 0.717) is 37.5 Å². The SMILES string of the molecule is O=C(OC1CCC(OC(F)(F)F)CC1)C1CCC(C2CCCCC2)CC1F. The lowest BCUT2D eigenvalue weighted by atomic mass is 9.70. The monoisotopic (exact) mass is 394 g/mol. The zero-order valence-electron chi connectivity index (χ0n) is 15.7. The third-order valence-electron chi connectivity index (χ3n) is 6.64. The van der Waals surface area contributed by atoms with E-state index >= 15 is 0 Å². The fraction of sp³-hybridized carbons (Fsp3) is 0.950. The molecule has 0 spiro atoms. The maximum Gasteiger partial charge on any atom is 0.522 e. The Bertz CT molecular complexity index is 482. The van der Waals surface area contributed by atoms with E-state index in [1.165, 1.54) is 32.1 Å². The molecule has 0 aromatic carbocycles. The van der Waals surface area contributed by atoms with Crippen molar-refractivity contribution in [2.45, 2.75) is 102 Å². The quantitative estimate of drug-likeness (QED) is 0.452. The molecule has 7 heteroatoms. The molecule has 3 aliphatic carbocycles. The summed E-state index contributed by atoms with van der Waals surface area (Å²) in [5.74, 6) is -0.254. The molecule has 0 radical (unpaired) electrons. The minimum absolute atomic E-state index is 0.199. The van der Waals surface area contributed by atoms with E-state index in [-0.39, 0.29) is 12.8 Å². The Kier molecular flexibility index (Phi) is 7.03. The van der Waals surface area contributed by atoms with Gasteiger partial charge < -0.3 is 4.74 Å². The highest BCUT2D eigenvalue weighted by atomic mass is 19.4. The molecule has 3 rings (SSSR count). The third-order valence-corrected chi connectivity index (χ3v) is 6.64. The van der Waals surface area contributed by atoms with E-state index in [1.54, 1.807) is 0 Å². The van der Waals surface area contributed by atoms with Gasteiger partial charge >= 0.3 is 12.3 Å². The van der Waals surface area contributed by atoms with E-state index in [1.807, 2.05) is 0 Å². The molecule has 27 heavy (non-hydrogen) atoms.